The van der Waals surface area contributed by atoms with Gasteiger partial charge >= 0.3 is 5.69 Å². The van der Waals surface area contributed by atoms with E-state index in [2.05, 4.69) is 14.8 Å². The van der Waals surface area contributed by atoms with Gasteiger partial charge in [0, 0.05) is 24.9 Å². The number of rotatable bonds is 7. The molecule has 1 fully saturated rings. The van der Waals surface area contributed by atoms with Gasteiger partial charge in [-0.25, -0.2) is 27.2 Å². The summed E-state index contributed by atoms with van der Waals surface area (Å²) in [5.41, 5.74) is 0.510. The first-order chi connectivity index (χ1) is 13.1. The standard InChI is InChI=1S/C18H19N5O3S/c24-18-22(12-11-20-27(25,26)16-7-4-10-19-13-16)21-17(14-8-9-14)23(18)15-5-2-1-3-6-15/h1-7,10,13-14,20H,8-9,11-12H2. The van der Waals surface area contributed by atoms with Gasteiger partial charge in [-0.2, -0.15) is 5.10 Å². The quantitative estimate of drug-likeness (QED) is 0.661. The van der Waals surface area contributed by atoms with Gasteiger partial charge in [0.15, 0.2) is 0 Å². The van der Waals surface area contributed by atoms with Crippen LogP contribution in [-0.2, 0) is 16.6 Å². The first-order valence-electron chi connectivity index (χ1n) is 8.71. The lowest BCUT2D eigenvalue weighted by Crippen LogP contribution is -2.32. The fourth-order valence-corrected chi connectivity index (χ4v) is 3.86. The Balaban J connectivity index is 1.54. The number of benzene rings is 1. The van der Waals surface area contributed by atoms with Crippen molar-refractivity contribution in [2.75, 3.05) is 6.54 Å². The van der Waals surface area contributed by atoms with E-state index in [1.807, 2.05) is 30.3 Å². The summed E-state index contributed by atoms with van der Waals surface area (Å²) >= 11 is 0. The van der Waals surface area contributed by atoms with Gasteiger partial charge in [-0.05, 0) is 37.1 Å². The molecule has 0 bridgehead atoms. The summed E-state index contributed by atoms with van der Waals surface area (Å²) in [6.07, 6.45) is 4.81. The van der Waals surface area contributed by atoms with Crippen LogP contribution < -0.4 is 10.4 Å². The van der Waals surface area contributed by atoms with Crippen molar-refractivity contribution in [2.45, 2.75) is 30.2 Å². The van der Waals surface area contributed by atoms with Crippen molar-refractivity contribution in [2.24, 2.45) is 0 Å². The molecule has 3 aromatic rings. The average Bonchev–Trinajstić information content (AvgIpc) is 3.48. The van der Waals surface area contributed by atoms with E-state index in [-0.39, 0.29) is 29.6 Å². The number of hydrogen-bond donors (Lipinski definition) is 1. The Morgan fingerprint density at radius 1 is 1.11 bits per heavy atom. The van der Waals surface area contributed by atoms with Crippen LogP contribution >= 0.6 is 0 Å². The molecular weight excluding hydrogens is 366 g/mol. The second kappa shape index (κ2) is 7.09. The number of nitrogens with one attached hydrogen (secondary N) is 1. The Labute approximate surface area is 156 Å². The van der Waals surface area contributed by atoms with Crippen LogP contribution in [0, 0.1) is 0 Å². The predicted octanol–water partition coefficient (Wildman–Crippen LogP) is 1.28. The van der Waals surface area contributed by atoms with E-state index >= 15 is 0 Å². The SMILES string of the molecule is O=c1n(CCNS(=O)(=O)c2cccnc2)nc(C2CC2)n1-c1ccccc1. The van der Waals surface area contributed by atoms with E-state index in [1.165, 1.54) is 23.1 Å². The first-order valence-corrected chi connectivity index (χ1v) is 10.2. The zero-order valence-corrected chi connectivity index (χ0v) is 15.3. The van der Waals surface area contributed by atoms with Crippen LogP contribution in [0.25, 0.3) is 5.69 Å². The topological polar surface area (TPSA) is 98.9 Å². The van der Waals surface area contributed by atoms with Crippen LogP contribution in [0.2, 0.25) is 0 Å². The molecule has 0 atom stereocenters. The highest BCUT2D eigenvalue weighted by atomic mass is 32.2. The van der Waals surface area contributed by atoms with Crippen LogP contribution in [0.4, 0.5) is 0 Å². The molecule has 9 heteroatoms. The highest BCUT2D eigenvalue weighted by molar-refractivity contribution is 7.89. The molecule has 140 valence electrons. The van der Waals surface area contributed by atoms with E-state index in [0.717, 1.165) is 24.4 Å². The second-order valence-electron chi connectivity index (χ2n) is 6.40. The van der Waals surface area contributed by atoms with Gasteiger partial charge in [0.2, 0.25) is 10.0 Å². The molecule has 0 aliphatic heterocycles. The van der Waals surface area contributed by atoms with Gasteiger partial charge in [0.05, 0.1) is 12.2 Å². The largest absolute Gasteiger partial charge is 0.350 e. The lowest BCUT2D eigenvalue weighted by Gasteiger charge is -2.05. The monoisotopic (exact) mass is 385 g/mol. The summed E-state index contributed by atoms with van der Waals surface area (Å²) in [4.78, 5) is 16.7. The minimum absolute atomic E-state index is 0.0625. The summed E-state index contributed by atoms with van der Waals surface area (Å²) in [5.74, 6) is 1.02. The normalized spacial score (nSPS) is 14.4. The maximum absolute atomic E-state index is 12.8. The van der Waals surface area contributed by atoms with E-state index in [4.69, 9.17) is 0 Å². The second-order valence-corrected chi connectivity index (χ2v) is 8.16. The van der Waals surface area contributed by atoms with Crippen LogP contribution in [0.5, 0.6) is 0 Å². The Morgan fingerprint density at radius 2 is 1.89 bits per heavy atom. The highest BCUT2D eigenvalue weighted by Crippen LogP contribution is 2.39. The highest BCUT2D eigenvalue weighted by Gasteiger charge is 2.31. The minimum Gasteiger partial charge on any atom is -0.263 e. The maximum Gasteiger partial charge on any atom is 0.350 e. The minimum atomic E-state index is -3.67. The lowest BCUT2D eigenvalue weighted by atomic mass is 10.3. The third kappa shape index (κ3) is 3.69. The van der Waals surface area contributed by atoms with Crippen LogP contribution in [-0.4, -0.2) is 34.3 Å². The fourth-order valence-electron chi connectivity index (χ4n) is 2.87. The third-order valence-corrected chi connectivity index (χ3v) is 5.83. The molecule has 27 heavy (non-hydrogen) atoms. The molecule has 0 spiro atoms. The van der Waals surface area contributed by atoms with Crippen LogP contribution in [0.1, 0.15) is 24.6 Å². The number of nitrogens with zero attached hydrogens (tertiary/aromatic N) is 4. The summed E-state index contributed by atoms with van der Waals surface area (Å²) < 4.78 is 29.9. The molecule has 1 aliphatic rings. The van der Waals surface area contributed by atoms with Gasteiger partial charge in [0.25, 0.3) is 0 Å². The summed E-state index contributed by atoms with van der Waals surface area (Å²) in [6.45, 7) is 0.213. The van der Waals surface area contributed by atoms with E-state index in [9.17, 15) is 13.2 Å². The first kappa shape index (κ1) is 17.6. The summed E-state index contributed by atoms with van der Waals surface area (Å²) in [7, 11) is -3.67. The molecule has 1 saturated carbocycles. The number of para-hydroxylation sites is 1. The Kier molecular flexibility index (Phi) is 4.63. The van der Waals surface area contributed by atoms with Gasteiger partial charge in [-0.15, -0.1) is 0 Å². The Hall–Kier alpha value is -2.78. The predicted molar refractivity (Wildman–Crippen MR) is 99.2 cm³/mol. The Morgan fingerprint density at radius 3 is 2.56 bits per heavy atom. The van der Waals surface area contributed by atoms with Crippen molar-refractivity contribution in [3.05, 3.63) is 71.2 Å². The summed E-state index contributed by atoms with van der Waals surface area (Å²) in [6, 6.07) is 12.4. The van der Waals surface area contributed by atoms with Gasteiger partial charge < -0.3 is 0 Å². The molecule has 2 aromatic heterocycles. The van der Waals surface area contributed by atoms with Crippen LogP contribution in [0.3, 0.4) is 0 Å². The van der Waals surface area contributed by atoms with E-state index in [1.54, 1.807) is 10.6 Å². The molecule has 0 radical (unpaired) electrons. The van der Waals surface area contributed by atoms with Gasteiger partial charge in [-0.3, -0.25) is 4.98 Å². The molecule has 1 aromatic carbocycles. The van der Waals surface area contributed by atoms with Crippen molar-refractivity contribution >= 4 is 10.0 Å². The van der Waals surface area contributed by atoms with Crippen molar-refractivity contribution in [3.8, 4) is 5.69 Å². The smallest absolute Gasteiger partial charge is 0.263 e. The van der Waals surface area contributed by atoms with Crippen molar-refractivity contribution in [3.63, 3.8) is 0 Å². The molecule has 1 N–H and O–H groups in total. The molecule has 8 nitrogen and oxygen atoms in total. The third-order valence-electron chi connectivity index (χ3n) is 4.38. The van der Waals surface area contributed by atoms with Gasteiger partial charge in [0.1, 0.15) is 10.7 Å². The van der Waals surface area contributed by atoms with Crippen molar-refractivity contribution in [1.82, 2.24) is 24.1 Å². The number of pyridine rings is 1. The molecule has 4 rings (SSSR count). The Bertz CT molecular complexity index is 1090. The fraction of sp³-hybridized carbons (Fsp3) is 0.278. The van der Waals surface area contributed by atoms with E-state index < -0.39 is 10.0 Å². The lowest BCUT2D eigenvalue weighted by molar-refractivity contribution is 0.550. The molecular formula is C18H19N5O3S. The van der Waals surface area contributed by atoms with E-state index in [0.29, 0.717) is 0 Å². The molecule has 0 amide bonds. The molecule has 1 aliphatic carbocycles. The number of sulfonamides is 1. The average molecular weight is 385 g/mol. The molecule has 2 heterocycles. The van der Waals surface area contributed by atoms with Gasteiger partial charge in [-0.1, -0.05) is 18.2 Å². The summed E-state index contributed by atoms with van der Waals surface area (Å²) in [5, 5.41) is 4.46. The molecule has 0 unspecified atom stereocenters. The van der Waals surface area contributed by atoms with Crippen LogP contribution in [0.15, 0.2) is 64.5 Å². The van der Waals surface area contributed by atoms with Crippen molar-refractivity contribution < 1.29 is 8.42 Å². The molecule has 0 saturated heterocycles. The number of hydrogen-bond acceptors (Lipinski definition) is 5. The maximum atomic E-state index is 12.8. The zero-order valence-electron chi connectivity index (χ0n) is 14.5. The number of aromatic nitrogens is 4. The van der Waals surface area contributed by atoms with Crippen molar-refractivity contribution in [1.29, 1.82) is 0 Å². The zero-order chi connectivity index (χ0) is 18.9.